The topological polar surface area (TPSA) is 12.0 Å². The van der Waals surface area contributed by atoms with Crippen LogP contribution in [0.25, 0.3) is 0 Å². The fourth-order valence-corrected chi connectivity index (χ4v) is 2.15. The summed E-state index contributed by atoms with van der Waals surface area (Å²) >= 11 is 0. The van der Waals surface area contributed by atoms with E-state index in [1.54, 1.807) is 0 Å². The Balaban J connectivity index is 1.84. The Kier molecular flexibility index (Phi) is 1.71. The lowest BCUT2D eigenvalue weighted by atomic mass is 9.85. The van der Waals surface area contributed by atoms with Gasteiger partial charge < -0.3 is 5.32 Å². The van der Waals surface area contributed by atoms with Crippen molar-refractivity contribution in [3.63, 3.8) is 0 Å². The van der Waals surface area contributed by atoms with E-state index in [4.69, 9.17) is 0 Å². The Bertz CT molecular complexity index is 137. The van der Waals surface area contributed by atoms with Gasteiger partial charge in [0.15, 0.2) is 0 Å². The molecule has 0 aromatic rings. The minimum atomic E-state index is 0.644. The lowest BCUT2D eigenvalue weighted by Gasteiger charge is -2.32. The minimum Gasteiger partial charge on any atom is -0.311 e. The normalized spacial score (nSPS) is 34.6. The van der Waals surface area contributed by atoms with Gasteiger partial charge in [-0.2, -0.15) is 0 Å². The average Bonchev–Trinajstić information content (AvgIpc) is 2.70. The predicted molar refractivity (Wildman–Crippen MR) is 47.5 cm³/mol. The first-order valence-corrected chi connectivity index (χ1v) is 4.97. The van der Waals surface area contributed by atoms with Crippen molar-refractivity contribution in [2.45, 2.75) is 45.1 Å². The molecule has 0 aromatic heterocycles. The van der Waals surface area contributed by atoms with Crippen LogP contribution in [-0.2, 0) is 0 Å². The molecule has 1 aliphatic carbocycles. The summed E-state index contributed by atoms with van der Waals surface area (Å²) in [7, 11) is 0. The van der Waals surface area contributed by atoms with Crippen LogP contribution in [0.15, 0.2) is 0 Å². The van der Waals surface area contributed by atoms with Crippen LogP contribution in [0.4, 0.5) is 0 Å². The third kappa shape index (κ3) is 1.44. The van der Waals surface area contributed by atoms with E-state index in [9.17, 15) is 0 Å². The quantitative estimate of drug-likeness (QED) is 0.609. The molecule has 0 bridgehead atoms. The second-order valence-corrected chi connectivity index (χ2v) is 4.70. The smallest absolute Gasteiger partial charge is 0.0183 e. The number of hydrogen-bond acceptors (Lipinski definition) is 1. The van der Waals surface area contributed by atoms with Gasteiger partial charge in [0.25, 0.3) is 0 Å². The third-order valence-electron chi connectivity index (χ3n) is 3.53. The van der Waals surface area contributed by atoms with E-state index >= 15 is 0 Å². The van der Waals surface area contributed by atoms with Crippen molar-refractivity contribution in [2.24, 2.45) is 11.8 Å². The van der Waals surface area contributed by atoms with Crippen LogP contribution in [0.5, 0.6) is 0 Å². The zero-order valence-electron chi connectivity index (χ0n) is 7.69. The van der Waals surface area contributed by atoms with Gasteiger partial charge in [-0.05, 0) is 44.1 Å². The van der Waals surface area contributed by atoms with Gasteiger partial charge in [-0.3, -0.25) is 0 Å². The summed E-state index contributed by atoms with van der Waals surface area (Å²) in [6, 6.07) is 0. The van der Waals surface area contributed by atoms with Crippen LogP contribution in [0, 0.1) is 11.8 Å². The molecule has 0 aromatic carbocycles. The van der Waals surface area contributed by atoms with E-state index in [0.29, 0.717) is 5.54 Å². The molecule has 1 nitrogen and oxygen atoms in total. The summed E-state index contributed by atoms with van der Waals surface area (Å²) in [6.45, 7) is 5.96. The maximum atomic E-state index is 3.70. The van der Waals surface area contributed by atoms with Crippen molar-refractivity contribution in [1.29, 1.82) is 0 Å². The molecule has 1 saturated carbocycles. The molecule has 2 rings (SSSR count). The molecular formula is C10H19N. The summed E-state index contributed by atoms with van der Waals surface area (Å²) in [4.78, 5) is 0. The molecule has 1 unspecified atom stereocenters. The lowest BCUT2D eigenvalue weighted by Crippen LogP contribution is -2.42. The summed E-state index contributed by atoms with van der Waals surface area (Å²) in [5, 5.41) is 3.70. The monoisotopic (exact) mass is 153 g/mol. The first-order chi connectivity index (χ1) is 5.22. The van der Waals surface area contributed by atoms with Crippen molar-refractivity contribution in [3.05, 3.63) is 0 Å². The molecule has 1 saturated heterocycles. The van der Waals surface area contributed by atoms with E-state index in [-0.39, 0.29) is 0 Å². The molecule has 2 aliphatic rings. The van der Waals surface area contributed by atoms with Crippen LogP contribution >= 0.6 is 0 Å². The van der Waals surface area contributed by atoms with E-state index < -0.39 is 0 Å². The Labute approximate surface area is 69.6 Å². The first-order valence-electron chi connectivity index (χ1n) is 4.97. The third-order valence-corrected chi connectivity index (χ3v) is 3.53. The van der Waals surface area contributed by atoms with E-state index in [1.807, 2.05) is 0 Å². The molecule has 1 heteroatoms. The fraction of sp³-hybridized carbons (Fsp3) is 1.00. The highest BCUT2D eigenvalue weighted by Gasteiger charge is 2.44. The number of rotatable bonds is 1. The Hall–Kier alpha value is -0.0400. The standard InChI is InChI=1S/C10H19N/c1-8(2)9-3-4-10(5-6-10)11-7-9/h8-9,11H,3-7H2,1-2H3. The maximum Gasteiger partial charge on any atom is 0.0183 e. The number of piperidine rings is 1. The highest BCUT2D eigenvalue weighted by molar-refractivity contribution is 5.04. The zero-order chi connectivity index (χ0) is 7.90. The molecule has 1 aliphatic heterocycles. The highest BCUT2D eigenvalue weighted by Crippen LogP contribution is 2.43. The molecule has 64 valence electrons. The van der Waals surface area contributed by atoms with Gasteiger partial charge in [-0.15, -0.1) is 0 Å². The molecule has 1 heterocycles. The zero-order valence-corrected chi connectivity index (χ0v) is 7.69. The summed E-state index contributed by atoms with van der Waals surface area (Å²) in [5.74, 6) is 1.82. The second-order valence-electron chi connectivity index (χ2n) is 4.70. The summed E-state index contributed by atoms with van der Waals surface area (Å²) in [6.07, 6.45) is 5.79. The molecule has 11 heavy (non-hydrogen) atoms. The molecule has 0 radical (unpaired) electrons. The van der Waals surface area contributed by atoms with Crippen LogP contribution in [0.3, 0.4) is 0 Å². The minimum absolute atomic E-state index is 0.644. The molecule has 2 fully saturated rings. The first kappa shape index (κ1) is 7.60. The van der Waals surface area contributed by atoms with E-state index in [0.717, 1.165) is 11.8 Å². The average molecular weight is 153 g/mol. The van der Waals surface area contributed by atoms with Gasteiger partial charge in [-0.25, -0.2) is 0 Å². The number of nitrogens with one attached hydrogen (secondary N) is 1. The summed E-state index contributed by atoms with van der Waals surface area (Å²) in [5.41, 5.74) is 0.644. The molecule has 1 spiro atoms. The van der Waals surface area contributed by atoms with Gasteiger partial charge in [0.1, 0.15) is 0 Å². The summed E-state index contributed by atoms with van der Waals surface area (Å²) < 4.78 is 0. The Morgan fingerprint density at radius 1 is 1.27 bits per heavy atom. The van der Waals surface area contributed by atoms with Crippen LogP contribution in [-0.4, -0.2) is 12.1 Å². The molecule has 1 N–H and O–H groups in total. The van der Waals surface area contributed by atoms with Crippen molar-refractivity contribution >= 4 is 0 Å². The van der Waals surface area contributed by atoms with Crippen LogP contribution in [0.1, 0.15) is 39.5 Å². The van der Waals surface area contributed by atoms with Crippen molar-refractivity contribution < 1.29 is 0 Å². The van der Waals surface area contributed by atoms with Gasteiger partial charge in [0.2, 0.25) is 0 Å². The Morgan fingerprint density at radius 3 is 2.36 bits per heavy atom. The Morgan fingerprint density at radius 2 is 2.00 bits per heavy atom. The highest BCUT2D eigenvalue weighted by atomic mass is 15.0. The molecule has 0 amide bonds. The van der Waals surface area contributed by atoms with Crippen molar-refractivity contribution in [3.8, 4) is 0 Å². The van der Waals surface area contributed by atoms with Gasteiger partial charge in [0.05, 0.1) is 0 Å². The van der Waals surface area contributed by atoms with Crippen molar-refractivity contribution in [2.75, 3.05) is 6.54 Å². The maximum absolute atomic E-state index is 3.70. The van der Waals surface area contributed by atoms with Crippen LogP contribution < -0.4 is 5.32 Å². The van der Waals surface area contributed by atoms with E-state index in [1.165, 1.54) is 32.2 Å². The van der Waals surface area contributed by atoms with Crippen LogP contribution in [0.2, 0.25) is 0 Å². The largest absolute Gasteiger partial charge is 0.311 e. The predicted octanol–water partition coefficient (Wildman–Crippen LogP) is 2.17. The van der Waals surface area contributed by atoms with Gasteiger partial charge in [-0.1, -0.05) is 13.8 Å². The SMILES string of the molecule is CC(C)C1CCC2(CC2)NC1. The van der Waals surface area contributed by atoms with Gasteiger partial charge in [0, 0.05) is 5.54 Å². The second kappa shape index (κ2) is 2.48. The molecule has 1 atom stereocenters. The molecular weight excluding hydrogens is 134 g/mol. The number of hydrogen-bond donors (Lipinski definition) is 1. The van der Waals surface area contributed by atoms with Crippen molar-refractivity contribution in [1.82, 2.24) is 5.32 Å². The van der Waals surface area contributed by atoms with Gasteiger partial charge >= 0.3 is 0 Å². The lowest BCUT2D eigenvalue weighted by molar-refractivity contribution is 0.243. The van der Waals surface area contributed by atoms with E-state index in [2.05, 4.69) is 19.2 Å². The fourth-order valence-electron chi connectivity index (χ4n) is 2.15.